The van der Waals surface area contributed by atoms with Gasteiger partial charge in [0.15, 0.2) is 6.23 Å². The van der Waals surface area contributed by atoms with Crippen molar-refractivity contribution >= 4 is 27.9 Å². The van der Waals surface area contributed by atoms with Crippen LogP contribution in [0.15, 0.2) is 54.6 Å². The van der Waals surface area contributed by atoms with Crippen LogP contribution >= 0.6 is 0 Å². The molecule has 0 bridgehead atoms. The molecule has 1 fully saturated rings. The first kappa shape index (κ1) is 20.7. The third-order valence-electron chi connectivity index (χ3n) is 6.00. The van der Waals surface area contributed by atoms with E-state index >= 15 is 0 Å². The van der Waals surface area contributed by atoms with Gasteiger partial charge in [-0.25, -0.2) is 9.97 Å². The largest absolute Gasteiger partial charge is 0.495 e. The molecule has 2 aromatic heterocycles. The first-order valence-electron chi connectivity index (χ1n) is 11.3. The maximum atomic E-state index is 6.33. The molecule has 0 radical (unpaired) electrons. The zero-order chi connectivity index (χ0) is 21.9. The van der Waals surface area contributed by atoms with E-state index < -0.39 is 6.23 Å². The summed E-state index contributed by atoms with van der Waals surface area (Å²) in [6.45, 7) is 4.54. The van der Waals surface area contributed by atoms with Crippen LogP contribution in [-0.2, 0) is 4.74 Å². The van der Waals surface area contributed by atoms with Gasteiger partial charge in [-0.05, 0) is 57.1 Å². The molecule has 0 aliphatic carbocycles. The van der Waals surface area contributed by atoms with Crippen molar-refractivity contribution in [3.05, 3.63) is 60.3 Å². The molecule has 1 atom stereocenters. The van der Waals surface area contributed by atoms with Crippen LogP contribution in [0.5, 0.6) is 5.75 Å². The van der Waals surface area contributed by atoms with E-state index in [4.69, 9.17) is 19.4 Å². The molecule has 1 aliphatic heterocycles. The Balaban J connectivity index is 1.67. The molecule has 7 nitrogen and oxygen atoms in total. The smallest absolute Gasteiger partial charge is 0.206 e. The second-order valence-corrected chi connectivity index (χ2v) is 8.04. The zero-order valence-electron chi connectivity index (χ0n) is 18.5. The van der Waals surface area contributed by atoms with Crippen LogP contribution < -0.4 is 15.4 Å². The van der Waals surface area contributed by atoms with Gasteiger partial charge in [-0.15, -0.1) is 0 Å². The van der Waals surface area contributed by atoms with Crippen LogP contribution in [0.25, 0.3) is 21.9 Å². The topological polar surface area (TPSA) is 73.2 Å². The van der Waals surface area contributed by atoms with Crippen LogP contribution in [0.2, 0.25) is 0 Å². The summed E-state index contributed by atoms with van der Waals surface area (Å²) in [6.07, 6.45) is 1.64. The van der Waals surface area contributed by atoms with E-state index in [-0.39, 0.29) is 0 Å². The Labute approximate surface area is 187 Å². The van der Waals surface area contributed by atoms with Gasteiger partial charge in [0.05, 0.1) is 23.7 Å². The van der Waals surface area contributed by atoms with E-state index in [0.717, 1.165) is 59.5 Å². The van der Waals surface area contributed by atoms with E-state index in [9.17, 15) is 0 Å². The average molecular weight is 432 g/mol. The van der Waals surface area contributed by atoms with Crippen LogP contribution in [0.1, 0.15) is 31.7 Å². The minimum Gasteiger partial charge on any atom is -0.495 e. The third kappa shape index (κ3) is 3.89. The van der Waals surface area contributed by atoms with Gasteiger partial charge in [0, 0.05) is 18.0 Å². The van der Waals surface area contributed by atoms with E-state index in [2.05, 4.69) is 21.3 Å². The highest BCUT2D eigenvalue weighted by atomic mass is 16.5. The van der Waals surface area contributed by atoms with E-state index in [1.165, 1.54) is 0 Å². The molecule has 0 amide bonds. The Kier molecular flexibility index (Phi) is 5.92. The molecular weight excluding hydrogens is 402 g/mol. The second kappa shape index (κ2) is 9.14. The van der Waals surface area contributed by atoms with Gasteiger partial charge in [-0.3, -0.25) is 4.57 Å². The Hall–Kier alpha value is -3.16. The highest BCUT2D eigenvalue weighted by molar-refractivity contribution is 5.81. The number of para-hydroxylation sites is 3. The first-order chi connectivity index (χ1) is 15.8. The Morgan fingerprint density at radius 3 is 2.59 bits per heavy atom. The first-order valence-corrected chi connectivity index (χ1v) is 11.3. The fourth-order valence-electron chi connectivity index (χ4n) is 4.42. The number of ether oxygens (including phenoxy) is 2. The summed E-state index contributed by atoms with van der Waals surface area (Å²) in [6, 6.07) is 18.6. The SMILES string of the molecule is CCOC(c1nc2ccccc2cc1OC)n1c(NC2CCNCC2)nc2ccccc21. The predicted octanol–water partition coefficient (Wildman–Crippen LogP) is 4.34. The quantitative estimate of drug-likeness (QED) is 0.454. The fraction of sp³-hybridized carbons (Fsp3) is 0.360. The van der Waals surface area contributed by atoms with Crippen molar-refractivity contribution in [2.75, 3.05) is 32.1 Å². The zero-order valence-corrected chi connectivity index (χ0v) is 18.5. The van der Waals surface area contributed by atoms with Gasteiger partial charge < -0.3 is 20.1 Å². The van der Waals surface area contributed by atoms with Gasteiger partial charge in [0.2, 0.25) is 5.95 Å². The van der Waals surface area contributed by atoms with Gasteiger partial charge in [-0.2, -0.15) is 0 Å². The monoisotopic (exact) mass is 431 g/mol. The molecule has 5 rings (SSSR count). The van der Waals surface area contributed by atoms with Crippen molar-refractivity contribution < 1.29 is 9.47 Å². The second-order valence-electron chi connectivity index (χ2n) is 8.04. The summed E-state index contributed by atoms with van der Waals surface area (Å²) in [4.78, 5) is 9.92. The Bertz CT molecular complexity index is 1220. The maximum Gasteiger partial charge on any atom is 0.206 e. The number of methoxy groups -OCH3 is 1. The maximum absolute atomic E-state index is 6.33. The lowest BCUT2D eigenvalue weighted by atomic mass is 10.1. The highest BCUT2D eigenvalue weighted by Gasteiger charge is 2.27. The predicted molar refractivity (Wildman–Crippen MR) is 127 cm³/mol. The molecule has 7 heteroatoms. The van der Waals surface area contributed by atoms with Crippen molar-refractivity contribution in [1.29, 1.82) is 0 Å². The third-order valence-corrected chi connectivity index (χ3v) is 6.00. The molecule has 0 saturated carbocycles. The number of hydrogen-bond donors (Lipinski definition) is 2. The Morgan fingerprint density at radius 1 is 1.06 bits per heavy atom. The van der Waals surface area contributed by atoms with Gasteiger partial charge >= 0.3 is 0 Å². The van der Waals surface area contributed by atoms with Crippen LogP contribution in [0.3, 0.4) is 0 Å². The van der Waals surface area contributed by atoms with Gasteiger partial charge in [-0.1, -0.05) is 30.3 Å². The van der Waals surface area contributed by atoms with E-state index in [1.54, 1.807) is 7.11 Å². The van der Waals surface area contributed by atoms with E-state index in [0.29, 0.717) is 18.4 Å². The fourth-order valence-corrected chi connectivity index (χ4v) is 4.42. The number of nitrogens with zero attached hydrogens (tertiary/aromatic N) is 3. The van der Waals surface area contributed by atoms with E-state index in [1.807, 2.05) is 55.5 Å². The number of aromatic nitrogens is 3. The number of benzene rings is 2. The van der Waals surface area contributed by atoms with Gasteiger partial charge in [0.25, 0.3) is 0 Å². The summed E-state index contributed by atoms with van der Waals surface area (Å²) >= 11 is 0. The summed E-state index contributed by atoms with van der Waals surface area (Å²) in [7, 11) is 1.68. The standard InChI is InChI=1S/C25H29N5O2/c1-3-32-24(23-22(31-2)16-17-8-4-5-9-19(17)28-23)30-21-11-7-6-10-20(21)29-25(30)27-18-12-14-26-15-13-18/h4-11,16,18,24,26H,3,12-15H2,1-2H3,(H,27,29). The molecule has 166 valence electrons. The molecule has 1 saturated heterocycles. The number of anilines is 1. The number of nitrogens with one attached hydrogen (secondary N) is 2. The van der Waals surface area contributed by atoms with Crippen molar-refractivity contribution in [2.24, 2.45) is 0 Å². The van der Waals surface area contributed by atoms with Crippen molar-refractivity contribution in [3.8, 4) is 5.75 Å². The van der Waals surface area contributed by atoms with Crippen LogP contribution in [0, 0.1) is 0 Å². The minimum atomic E-state index is -0.476. The number of pyridine rings is 1. The summed E-state index contributed by atoms with van der Waals surface area (Å²) in [5.74, 6) is 1.50. The molecule has 4 aromatic rings. The molecule has 1 aliphatic rings. The molecule has 2 N–H and O–H groups in total. The van der Waals surface area contributed by atoms with Crippen molar-refractivity contribution in [1.82, 2.24) is 19.9 Å². The summed E-state index contributed by atoms with van der Waals surface area (Å²) < 4.78 is 14.2. The number of rotatable bonds is 7. The highest BCUT2D eigenvalue weighted by Crippen LogP contribution is 2.35. The minimum absolute atomic E-state index is 0.362. The van der Waals surface area contributed by atoms with Crippen molar-refractivity contribution in [3.63, 3.8) is 0 Å². The van der Waals surface area contributed by atoms with Crippen LogP contribution in [0.4, 0.5) is 5.95 Å². The summed E-state index contributed by atoms with van der Waals surface area (Å²) in [5, 5.41) is 8.14. The van der Waals surface area contributed by atoms with Crippen LogP contribution in [-0.4, -0.2) is 47.4 Å². The average Bonchev–Trinajstić information content (AvgIpc) is 3.20. The molecule has 0 spiro atoms. The molecule has 3 heterocycles. The number of hydrogen-bond acceptors (Lipinski definition) is 6. The normalized spacial score (nSPS) is 15.8. The molecule has 2 aromatic carbocycles. The molecule has 1 unspecified atom stereocenters. The lowest BCUT2D eigenvalue weighted by molar-refractivity contribution is 0.0404. The number of fused-ring (bicyclic) bond motifs is 2. The number of piperidine rings is 1. The number of imidazole rings is 1. The molecular formula is C25H29N5O2. The molecule has 32 heavy (non-hydrogen) atoms. The van der Waals surface area contributed by atoms with Gasteiger partial charge in [0.1, 0.15) is 11.4 Å². The Morgan fingerprint density at radius 2 is 1.81 bits per heavy atom. The summed E-state index contributed by atoms with van der Waals surface area (Å²) in [5.41, 5.74) is 3.57. The lowest BCUT2D eigenvalue weighted by Gasteiger charge is -2.27. The van der Waals surface area contributed by atoms with Crippen molar-refractivity contribution in [2.45, 2.75) is 32.0 Å². The lowest BCUT2D eigenvalue weighted by Crippen LogP contribution is -2.36.